The lowest BCUT2D eigenvalue weighted by Crippen LogP contribution is -2.30. The van der Waals surface area contributed by atoms with Crippen LogP contribution in [-0.2, 0) is 4.74 Å². The van der Waals surface area contributed by atoms with Crippen LogP contribution in [0.5, 0.6) is 0 Å². The zero-order valence-electron chi connectivity index (χ0n) is 8.94. The highest BCUT2D eigenvalue weighted by Gasteiger charge is 2.30. The molecule has 1 saturated heterocycles. The van der Waals surface area contributed by atoms with Crippen molar-refractivity contribution in [1.82, 2.24) is 15.1 Å². The SMILES string of the molecule is OC1CCOCC1c1nc(-c2cncs2)no1. The molecule has 6 nitrogen and oxygen atoms in total. The molecular weight excluding hydrogens is 242 g/mol. The number of aromatic nitrogens is 3. The van der Waals surface area contributed by atoms with E-state index < -0.39 is 6.10 Å². The Labute approximate surface area is 101 Å². The largest absolute Gasteiger partial charge is 0.392 e. The van der Waals surface area contributed by atoms with Crippen molar-refractivity contribution in [2.45, 2.75) is 18.4 Å². The number of aliphatic hydroxyl groups is 1. The van der Waals surface area contributed by atoms with Crippen molar-refractivity contribution >= 4 is 11.3 Å². The average Bonchev–Trinajstić information content (AvgIpc) is 3.00. The maximum Gasteiger partial charge on any atom is 0.235 e. The molecule has 3 rings (SSSR count). The number of rotatable bonds is 2. The summed E-state index contributed by atoms with van der Waals surface area (Å²) in [6.07, 6.45) is 1.81. The van der Waals surface area contributed by atoms with Crippen LogP contribution in [0.15, 0.2) is 16.2 Å². The first kappa shape index (κ1) is 10.8. The lowest BCUT2D eigenvalue weighted by atomic mass is 9.99. The van der Waals surface area contributed by atoms with Gasteiger partial charge in [0.15, 0.2) is 0 Å². The molecular formula is C10H11N3O3S. The van der Waals surface area contributed by atoms with Gasteiger partial charge in [-0.25, -0.2) is 0 Å². The van der Waals surface area contributed by atoms with Crippen LogP contribution in [0.25, 0.3) is 10.7 Å². The summed E-state index contributed by atoms with van der Waals surface area (Å²) in [5.74, 6) is 0.721. The minimum atomic E-state index is -0.474. The fraction of sp³-hybridized carbons (Fsp3) is 0.500. The Balaban J connectivity index is 1.84. The summed E-state index contributed by atoms with van der Waals surface area (Å²) in [6, 6.07) is 0. The summed E-state index contributed by atoms with van der Waals surface area (Å²) in [6.45, 7) is 0.999. The van der Waals surface area contributed by atoms with Gasteiger partial charge in [0.05, 0.1) is 29.0 Å². The molecule has 7 heteroatoms. The Morgan fingerprint density at radius 3 is 3.18 bits per heavy atom. The molecule has 0 aliphatic carbocycles. The van der Waals surface area contributed by atoms with Gasteiger partial charge in [-0.05, 0) is 6.42 Å². The van der Waals surface area contributed by atoms with Gasteiger partial charge in [0.2, 0.25) is 11.7 Å². The summed E-state index contributed by atoms with van der Waals surface area (Å²) in [5, 5.41) is 13.7. The predicted molar refractivity (Wildman–Crippen MR) is 59.6 cm³/mol. The Hall–Kier alpha value is -1.31. The molecule has 0 amide bonds. The minimum absolute atomic E-state index is 0.224. The van der Waals surface area contributed by atoms with Crippen molar-refractivity contribution in [2.24, 2.45) is 0 Å². The van der Waals surface area contributed by atoms with Crippen molar-refractivity contribution in [2.75, 3.05) is 13.2 Å². The number of hydrogen-bond donors (Lipinski definition) is 1. The number of thiazole rings is 1. The first-order chi connectivity index (χ1) is 8.34. The number of nitrogens with zero attached hydrogens (tertiary/aromatic N) is 3. The zero-order valence-corrected chi connectivity index (χ0v) is 9.76. The van der Waals surface area contributed by atoms with E-state index in [9.17, 15) is 5.11 Å². The van der Waals surface area contributed by atoms with Gasteiger partial charge in [0.1, 0.15) is 0 Å². The summed E-state index contributed by atoms with van der Waals surface area (Å²) >= 11 is 1.45. The van der Waals surface area contributed by atoms with Crippen molar-refractivity contribution in [3.8, 4) is 10.7 Å². The molecule has 3 heterocycles. The Morgan fingerprint density at radius 2 is 2.41 bits per heavy atom. The molecule has 1 fully saturated rings. The van der Waals surface area contributed by atoms with Crippen LogP contribution in [-0.4, -0.2) is 39.5 Å². The maximum atomic E-state index is 9.84. The summed E-state index contributed by atoms with van der Waals surface area (Å²) in [7, 11) is 0. The van der Waals surface area contributed by atoms with E-state index in [0.29, 0.717) is 31.3 Å². The maximum absolute atomic E-state index is 9.84. The van der Waals surface area contributed by atoms with Gasteiger partial charge < -0.3 is 14.4 Å². The van der Waals surface area contributed by atoms with Crippen LogP contribution in [0, 0.1) is 0 Å². The molecule has 2 unspecified atom stereocenters. The van der Waals surface area contributed by atoms with Crippen LogP contribution in [0.4, 0.5) is 0 Å². The second-order valence-corrected chi connectivity index (χ2v) is 4.75. The summed E-state index contributed by atoms with van der Waals surface area (Å²) < 4.78 is 10.5. The molecule has 0 saturated carbocycles. The van der Waals surface area contributed by atoms with Gasteiger partial charge in [-0.15, -0.1) is 11.3 Å². The molecule has 2 atom stereocenters. The number of aliphatic hydroxyl groups excluding tert-OH is 1. The minimum Gasteiger partial charge on any atom is -0.392 e. The van der Waals surface area contributed by atoms with Crippen LogP contribution < -0.4 is 0 Å². The predicted octanol–water partition coefficient (Wildman–Crippen LogP) is 1.06. The highest BCUT2D eigenvalue weighted by atomic mass is 32.1. The average molecular weight is 253 g/mol. The smallest absolute Gasteiger partial charge is 0.235 e. The fourth-order valence-corrected chi connectivity index (χ4v) is 2.32. The standard InChI is InChI=1S/C10H11N3O3S/c14-7-1-2-15-4-6(7)10-12-9(13-16-10)8-3-11-5-17-8/h3,5-7,14H,1-2,4H2. The first-order valence-corrected chi connectivity index (χ1v) is 6.21. The topological polar surface area (TPSA) is 81.3 Å². The Bertz CT molecular complexity index is 485. The van der Waals surface area contributed by atoms with Crippen molar-refractivity contribution in [3.63, 3.8) is 0 Å². The van der Waals surface area contributed by atoms with E-state index in [1.807, 2.05) is 0 Å². The molecule has 0 bridgehead atoms. The van der Waals surface area contributed by atoms with Crippen molar-refractivity contribution in [3.05, 3.63) is 17.6 Å². The molecule has 1 aliphatic rings. The highest BCUT2D eigenvalue weighted by molar-refractivity contribution is 7.13. The van der Waals surface area contributed by atoms with E-state index in [1.54, 1.807) is 11.7 Å². The number of hydrogen-bond acceptors (Lipinski definition) is 7. The lowest BCUT2D eigenvalue weighted by molar-refractivity contribution is -0.0149. The van der Waals surface area contributed by atoms with Gasteiger partial charge in [-0.2, -0.15) is 4.98 Å². The summed E-state index contributed by atoms with van der Waals surface area (Å²) in [5.41, 5.74) is 1.71. The van der Waals surface area contributed by atoms with E-state index in [1.165, 1.54) is 11.3 Å². The molecule has 90 valence electrons. The van der Waals surface area contributed by atoms with Gasteiger partial charge in [-0.3, -0.25) is 4.98 Å². The van der Waals surface area contributed by atoms with Gasteiger partial charge in [0.25, 0.3) is 0 Å². The van der Waals surface area contributed by atoms with E-state index >= 15 is 0 Å². The van der Waals surface area contributed by atoms with Crippen LogP contribution >= 0.6 is 11.3 Å². The molecule has 17 heavy (non-hydrogen) atoms. The number of ether oxygens (including phenoxy) is 1. The molecule has 0 spiro atoms. The summed E-state index contributed by atoms with van der Waals surface area (Å²) in [4.78, 5) is 9.09. The lowest BCUT2D eigenvalue weighted by Gasteiger charge is -2.24. The molecule has 0 radical (unpaired) electrons. The third kappa shape index (κ3) is 2.08. The van der Waals surface area contributed by atoms with E-state index in [-0.39, 0.29) is 5.92 Å². The van der Waals surface area contributed by atoms with E-state index in [2.05, 4.69) is 15.1 Å². The molecule has 2 aromatic rings. The second kappa shape index (κ2) is 4.52. The monoisotopic (exact) mass is 253 g/mol. The zero-order chi connectivity index (χ0) is 11.7. The van der Waals surface area contributed by atoms with Crippen LogP contribution in [0.3, 0.4) is 0 Å². The second-order valence-electron chi connectivity index (χ2n) is 3.86. The molecule has 1 N–H and O–H groups in total. The van der Waals surface area contributed by atoms with Gasteiger partial charge in [-0.1, -0.05) is 5.16 Å². The Kier molecular flexibility index (Phi) is 2.87. The van der Waals surface area contributed by atoms with Crippen LogP contribution in [0.2, 0.25) is 0 Å². The first-order valence-electron chi connectivity index (χ1n) is 5.33. The van der Waals surface area contributed by atoms with Crippen LogP contribution in [0.1, 0.15) is 18.2 Å². The van der Waals surface area contributed by atoms with Gasteiger partial charge >= 0.3 is 0 Å². The third-order valence-corrected chi connectivity index (χ3v) is 3.50. The normalized spacial score (nSPS) is 25.0. The molecule has 0 aromatic carbocycles. The molecule has 1 aliphatic heterocycles. The third-order valence-electron chi connectivity index (χ3n) is 2.73. The van der Waals surface area contributed by atoms with Crippen molar-refractivity contribution < 1.29 is 14.4 Å². The molecule has 2 aromatic heterocycles. The van der Waals surface area contributed by atoms with Crippen molar-refractivity contribution in [1.29, 1.82) is 0 Å². The van der Waals surface area contributed by atoms with E-state index in [0.717, 1.165) is 4.88 Å². The quantitative estimate of drug-likeness (QED) is 0.861. The van der Waals surface area contributed by atoms with E-state index in [4.69, 9.17) is 9.26 Å². The fourth-order valence-electron chi connectivity index (χ4n) is 1.77. The Morgan fingerprint density at radius 1 is 1.47 bits per heavy atom. The highest BCUT2D eigenvalue weighted by Crippen LogP contribution is 2.27. The van der Waals surface area contributed by atoms with Gasteiger partial charge in [0, 0.05) is 12.8 Å².